The third kappa shape index (κ3) is 3.18. The van der Waals surface area contributed by atoms with Gasteiger partial charge in [-0.2, -0.15) is 0 Å². The largest absolute Gasteiger partial charge is 0.349 e. The Morgan fingerprint density at radius 2 is 1.91 bits per heavy atom. The molecule has 7 heteroatoms. The molecule has 0 bridgehead atoms. The summed E-state index contributed by atoms with van der Waals surface area (Å²) in [5.41, 5.74) is 0.0484. The fourth-order valence-corrected chi connectivity index (χ4v) is 2.23. The smallest absolute Gasteiger partial charge is 0.329 e. The molecule has 7 nitrogen and oxygen atoms in total. The van der Waals surface area contributed by atoms with E-state index in [4.69, 9.17) is 0 Å². The highest BCUT2D eigenvalue weighted by molar-refractivity contribution is 5.78. The Morgan fingerprint density at radius 1 is 1.13 bits per heavy atom. The summed E-state index contributed by atoms with van der Waals surface area (Å²) < 4.78 is 0.885. The van der Waals surface area contributed by atoms with Crippen LogP contribution in [0.25, 0.3) is 10.9 Å². The Kier molecular flexibility index (Phi) is 4.01. The van der Waals surface area contributed by atoms with Crippen LogP contribution in [0.2, 0.25) is 0 Å². The number of hydrogen-bond donors (Lipinski definition) is 2. The number of aromatic amines is 1. The van der Waals surface area contributed by atoms with Crippen molar-refractivity contribution in [1.82, 2.24) is 19.9 Å². The van der Waals surface area contributed by atoms with Gasteiger partial charge in [0.15, 0.2) is 0 Å². The monoisotopic (exact) mass is 310 g/mol. The second-order valence-electron chi connectivity index (χ2n) is 4.96. The first-order chi connectivity index (χ1) is 11.1. The SMILES string of the molecule is O=C(Cn1c(=O)[nH]c2ccccc2c1=O)NCc1ccccn1. The number of H-pyrrole nitrogens is 1. The zero-order valence-corrected chi connectivity index (χ0v) is 12.2. The fraction of sp³-hybridized carbons (Fsp3) is 0.125. The van der Waals surface area contributed by atoms with E-state index in [9.17, 15) is 14.4 Å². The summed E-state index contributed by atoms with van der Waals surface area (Å²) in [7, 11) is 0. The standard InChI is InChI=1S/C16H14N4O3/c21-14(18-9-11-5-3-4-8-17-11)10-20-15(22)12-6-1-2-7-13(12)19-16(20)23/h1-8H,9-10H2,(H,18,21)(H,19,23). The van der Waals surface area contributed by atoms with E-state index < -0.39 is 17.2 Å². The minimum Gasteiger partial charge on any atom is -0.349 e. The molecule has 0 aliphatic rings. The Labute approximate surface area is 130 Å². The van der Waals surface area contributed by atoms with Crippen molar-refractivity contribution >= 4 is 16.8 Å². The predicted octanol–water partition coefficient (Wildman–Crippen LogP) is 0.401. The van der Waals surface area contributed by atoms with Crippen molar-refractivity contribution in [3.05, 3.63) is 75.2 Å². The summed E-state index contributed by atoms with van der Waals surface area (Å²) in [6.07, 6.45) is 1.63. The van der Waals surface area contributed by atoms with E-state index in [0.29, 0.717) is 16.6 Å². The van der Waals surface area contributed by atoms with Crippen molar-refractivity contribution in [2.24, 2.45) is 0 Å². The van der Waals surface area contributed by atoms with E-state index >= 15 is 0 Å². The molecule has 2 N–H and O–H groups in total. The number of nitrogens with zero attached hydrogens (tertiary/aromatic N) is 2. The van der Waals surface area contributed by atoms with E-state index in [1.54, 1.807) is 42.6 Å². The molecule has 0 atom stereocenters. The van der Waals surface area contributed by atoms with Crippen molar-refractivity contribution < 1.29 is 4.79 Å². The fourth-order valence-electron chi connectivity index (χ4n) is 2.23. The summed E-state index contributed by atoms with van der Waals surface area (Å²) in [6.45, 7) is -0.105. The van der Waals surface area contributed by atoms with Gasteiger partial charge in [0.05, 0.1) is 23.1 Å². The van der Waals surface area contributed by atoms with Crippen molar-refractivity contribution in [3.8, 4) is 0 Å². The van der Waals surface area contributed by atoms with Gasteiger partial charge in [-0.15, -0.1) is 0 Å². The van der Waals surface area contributed by atoms with Gasteiger partial charge in [-0.25, -0.2) is 4.79 Å². The van der Waals surface area contributed by atoms with Gasteiger partial charge in [-0.05, 0) is 24.3 Å². The molecular weight excluding hydrogens is 296 g/mol. The van der Waals surface area contributed by atoms with Gasteiger partial charge in [0.25, 0.3) is 5.56 Å². The molecule has 0 aliphatic heterocycles. The van der Waals surface area contributed by atoms with Crippen LogP contribution < -0.4 is 16.6 Å². The first-order valence-corrected chi connectivity index (χ1v) is 7.03. The van der Waals surface area contributed by atoms with Crippen LogP contribution in [0.5, 0.6) is 0 Å². The number of nitrogens with one attached hydrogen (secondary N) is 2. The molecule has 0 unspecified atom stereocenters. The summed E-state index contributed by atoms with van der Waals surface area (Å²) >= 11 is 0. The highest BCUT2D eigenvalue weighted by Crippen LogP contribution is 2.02. The van der Waals surface area contributed by atoms with Gasteiger partial charge < -0.3 is 10.3 Å². The maximum Gasteiger partial charge on any atom is 0.329 e. The molecule has 0 radical (unpaired) electrons. The molecule has 2 heterocycles. The van der Waals surface area contributed by atoms with Crippen molar-refractivity contribution in [1.29, 1.82) is 0 Å². The lowest BCUT2D eigenvalue weighted by molar-refractivity contribution is -0.121. The summed E-state index contributed by atoms with van der Waals surface area (Å²) in [5, 5.41) is 3.00. The maximum atomic E-state index is 12.3. The number of rotatable bonds is 4. The Morgan fingerprint density at radius 3 is 2.70 bits per heavy atom. The molecule has 3 aromatic rings. The number of benzene rings is 1. The van der Waals surface area contributed by atoms with Crippen LogP contribution in [-0.4, -0.2) is 20.4 Å². The average molecular weight is 310 g/mol. The molecular formula is C16H14N4O3. The quantitative estimate of drug-likeness (QED) is 0.729. The first kappa shape index (κ1) is 14.7. The highest BCUT2D eigenvalue weighted by atomic mass is 16.2. The molecule has 23 heavy (non-hydrogen) atoms. The van der Waals surface area contributed by atoms with Crippen LogP contribution in [-0.2, 0) is 17.9 Å². The zero-order chi connectivity index (χ0) is 16.2. The van der Waals surface area contributed by atoms with Gasteiger partial charge in [-0.1, -0.05) is 18.2 Å². The van der Waals surface area contributed by atoms with Gasteiger partial charge in [0, 0.05) is 6.20 Å². The third-order valence-electron chi connectivity index (χ3n) is 3.38. The number of aromatic nitrogens is 3. The van der Waals surface area contributed by atoms with E-state index in [1.807, 2.05) is 6.07 Å². The van der Waals surface area contributed by atoms with Crippen LogP contribution in [0.1, 0.15) is 5.69 Å². The van der Waals surface area contributed by atoms with Crippen molar-refractivity contribution in [2.75, 3.05) is 0 Å². The Bertz CT molecular complexity index is 960. The second kappa shape index (κ2) is 6.27. The lowest BCUT2D eigenvalue weighted by Gasteiger charge is -2.07. The lowest BCUT2D eigenvalue weighted by atomic mass is 10.2. The van der Waals surface area contributed by atoms with Gasteiger partial charge >= 0.3 is 5.69 Å². The van der Waals surface area contributed by atoms with E-state index in [2.05, 4.69) is 15.3 Å². The minimum absolute atomic E-state index is 0.236. The van der Waals surface area contributed by atoms with Crippen LogP contribution in [0.15, 0.2) is 58.3 Å². The van der Waals surface area contributed by atoms with Crippen molar-refractivity contribution in [2.45, 2.75) is 13.1 Å². The number of carbonyl (C=O) groups is 1. The molecule has 0 fully saturated rings. The normalized spacial score (nSPS) is 10.6. The molecule has 0 spiro atoms. The molecule has 2 aromatic heterocycles. The molecule has 0 saturated heterocycles. The lowest BCUT2D eigenvalue weighted by Crippen LogP contribution is -2.40. The topological polar surface area (TPSA) is 96.9 Å². The predicted molar refractivity (Wildman–Crippen MR) is 84.9 cm³/mol. The van der Waals surface area contributed by atoms with E-state index in [1.165, 1.54) is 0 Å². The molecule has 3 rings (SSSR count). The second-order valence-corrected chi connectivity index (χ2v) is 4.96. The van der Waals surface area contributed by atoms with Crippen LogP contribution >= 0.6 is 0 Å². The Hall–Kier alpha value is -3.22. The van der Waals surface area contributed by atoms with Gasteiger partial charge in [0.1, 0.15) is 6.54 Å². The number of pyridine rings is 1. The van der Waals surface area contributed by atoms with Crippen molar-refractivity contribution in [3.63, 3.8) is 0 Å². The molecule has 116 valence electrons. The maximum absolute atomic E-state index is 12.3. The van der Waals surface area contributed by atoms with Crippen LogP contribution in [0, 0.1) is 0 Å². The van der Waals surface area contributed by atoms with E-state index in [-0.39, 0.29) is 13.1 Å². The number of hydrogen-bond acceptors (Lipinski definition) is 4. The highest BCUT2D eigenvalue weighted by Gasteiger charge is 2.11. The molecule has 1 amide bonds. The first-order valence-electron chi connectivity index (χ1n) is 7.03. The summed E-state index contributed by atoms with van der Waals surface area (Å²) in [6, 6.07) is 12.0. The van der Waals surface area contributed by atoms with Crippen LogP contribution in [0.3, 0.4) is 0 Å². The minimum atomic E-state index is -0.610. The van der Waals surface area contributed by atoms with Gasteiger partial charge in [-0.3, -0.25) is 19.1 Å². The molecule has 0 saturated carbocycles. The average Bonchev–Trinajstić information content (AvgIpc) is 2.58. The number of para-hydroxylation sites is 1. The number of amides is 1. The van der Waals surface area contributed by atoms with E-state index in [0.717, 1.165) is 4.57 Å². The van der Waals surface area contributed by atoms with Gasteiger partial charge in [0.2, 0.25) is 5.91 Å². The van der Waals surface area contributed by atoms with Crippen LogP contribution in [0.4, 0.5) is 0 Å². The summed E-state index contributed by atoms with van der Waals surface area (Å²) in [5.74, 6) is -0.432. The molecule has 0 aliphatic carbocycles. The summed E-state index contributed by atoms with van der Waals surface area (Å²) in [4.78, 5) is 42.9. The number of fused-ring (bicyclic) bond motifs is 1. The number of carbonyl (C=O) groups excluding carboxylic acids is 1. The Balaban J connectivity index is 1.80. The molecule has 1 aromatic carbocycles. The zero-order valence-electron chi connectivity index (χ0n) is 12.2. The third-order valence-corrected chi connectivity index (χ3v) is 3.38.